The number of anilines is 1. The maximum Gasteiger partial charge on any atom is 0.228 e. The largest absolute Gasteiger partial charge is 0.323 e. The zero-order valence-corrected chi connectivity index (χ0v) is 11.3. The van der Waals surface area contributed by atoms with Crippen LogP contribution in [0.15, 0.2) is 24.5 Å². The van der Waals surface area contributed by atoms with Gasteiger partial charge in [-0.2, -0.15) is 0 Å². The van der Waals surface area contributed by atoms with E-state index in [9.17, 15) is 9.18 Å². The summed E-state index contributed by atoms with van der Waals surface area (Å²) in [6, 6.07) is 4.34. The number of tetrazole rings is 1. The van der Waals surface area contributed by atoms with Gasteiger partial charge in [-0.15, -0.1) is 5.10 Å². The van der Waals surface area contributed by atoms with E-state index in [4.69, 9.17) is 0 Å². The lowest BCUT2D eigenvalue weighted by Crippen LogP contribution is -2.37. The molecule has 1 saturated heterocycles. The van der Waals surface area contributed by atoms with E-state index < -0.39 is 5.82 Å². The van der Waals surface area contributed by atoms with Gasteiger partial charge in [-0.05, 0) is 48.0 Å². The molecule has 3 rings (SSSR count). The number of nitrogens with one attached hydrogen (secondary N) is 2. The molecule has 110 valence electrons. The Hall–Kier alpha value is -2.35. The average molecular weight is 290 g/mol. The highest BCUT2D eigenvalue weighted by atomic mass is 19.1. The number of nitrogens with zero attached hydrogens (tertiary/aromatic N) is 4. The molecule has 1 fully saturated rings. The fraction of sp³-hybridized carbons (Fsp3) is 0.385. The molecule has 2 aromatic rings. The van der Waals surface area contributed by atoms with Gasteiger partial charge in [0.2, 0.25) is 5.91 Å². The molecule has 2 N–H and O–H groups in total. The first-order valence-corrected chi connectivity index (χ1v) is 6.78. The van der Waals surface area contributed by atoms with Crippen molar-refractivity contribution in [3.8, 4) is 5.69 Å². The average Bonchev–Trinajstić information content (AvgIpc) is 3.04. The third kappa shape index (κ3) is 3.05. The summed E-state index contributed by atoms with van der Waals surface area (Å²) in [7, 11) is 0. The molecular formula is C13H15FN6O. The van der Waals surface area contributed by atoms with E-state index in [0.717, 1.165) is 19.4 Å². The fourth-order valence-electron chi connectivity index (χ4n) is 2.34. The second kappa shape index (κ2) is 5.96. The molecule has 1 aromatic carbocycles. The number of halogens is 1. The van der Waals surface area contributed by atoms with E-state index in [-0.39, 0.29) is 17.5 Å². The summed E-state index contributed by atoms with van der Waals surface area (Å²) < 4.78 is 15.2. The highest BCUT2D eigenvalue weighted by Gasteiger charge is 2.21. The first kappa shape index (κ1) is 13.6. The van der Waals surface area contributed by atoms with Crippen LogP contribution in [-0.2, 0) is 4.79 Å². The maximum atomic E-state index is 13.8. The number of aromatic nitrogens is 4. The molecule has 21 heavy (non-hydrogen) atoms. The summed E-state index contributed by atoms with van der Waals surface area (Å²) in [5.74, 6) is -0.784. The van der Waals surface area contributed by atoms with Crippen LogP contribution in [0.25, 0.3) is 5.69 Å². The molecule has 1 aliphatic rings. The van der Waals surface area contributed by atoms with Crippen molar-refractivity contribution >= 4 is 11.6 Å². The first-order valence-electron chi connectivity index (χ1n) is 6.78. The Balaban J connectivity index is 1.78. The van der Waals surface area contributed by atoms with Gasteiger partial charge in [-0.3, -0.25) is 4.79 Å². The summed E-state index contributed by atoms with van der Waals surface area (Å²) in [4.78, 5) is 12.2. The van der Waals surface area contributed by atoms with Crippen LogP contribution in [0.3, 0.4) is 0 Å². The Bertz CT molecular complexity index is 624. The smallest absolute Gasteiger partial charge is 0.228 e. The summed E-state index contributed by atoms with van der Waals surface area (Å²) in [6.07, 6.45) is 3.17. The minimum absolute atomic E-state index is 0.130. The predicted octanol–water partition coefficient (Wildman–Crippen LogP) is 0.739. The zero-order chi connectivity index (χ0) is 14.7. The number of hydrogen-bond acceptors (Lipinski definition) is 5. The van der Waals surface area contributed by atoms with Crippen molar-refractivity contribution < 1.29 is 9.18 Å². The van der Waals surface area contributed by atoms with Crippen molar-refractivity contribution in [3.63, 3.8) is 0 Å². The molecule has 0 aliphatic carbocycles. The predicted molar refractivity (Wildman–Crippen MR) is 73.3 cm³/mol. The number of carbonyl (C=O) groups excluding carboxylic acids is 1. The van der Waals surface area contributed by atoms with Gasteiger partial charge in [0.05, 0.1) is 17.3 Å². The molecule has 0 spiro atoms. The molecule has 0 unspecified atom stereocenters. The molecule has 1 aliphatic heterocycles. The van der Waals surface area contributed by atoms with Crippen LogP contribution in [0.1, 0.15) is 12.8 Å². The normalized spacial score (nSPS) is 18.4. The highest BCUT2D eigenvalue weighted by Crippen LogP contribution is 2.20. The highest BCUT2D eigenvalue weighted by molar-refractivity contribution is 5.93. The number of amides is 1. The topological polar surface area (TPSA) is 84.7 Å². The van der Waals surface area contributed by atoms with Gasteiger partial charge in [0.15, 0.2) is 0 Å². The van der Waals surface area contributed by atoms with E-state index in [0.29, 0.717) is 12.2 Å². The van der Waals surface area contributed by atoms with Crippen molar-refractivity contribution in [2.45, 2.75) is 12.8 Å². The van der Waals surface area contributed by atoms with E-state index in [1.54, 1.807) is 6.07 Å². The molecule has 0 radical (unpaired) electrons. The summed E-state index contributed by atoms with van der Waals surface area (Å²) in [6.45, 7) is 1.55. The monoisotopic (exact) mass is 290 g/mol. The van der Waals surface area contributed by atoms with Crippen LogP contribution in [0, 0.1) is 11.7 Å². The van der Waals surface area contributed by atoms with Crippen LogP contribution >= 0.6 is 0 Å². The van der Waals surface area contributed by atoms with Crippen LogP contribution in [0.2, 0.25) is 0 Å². The molecule has 1 aromatic heterocycles. The molecule has 1 amide bonds. The molecule has 2 heterocycles. The van der Waals surface area contributed by atoms with Gasteiger partial charge in [0, 0.05) is 6.54 Å². The minimum atomic E-state index is -0.482. The van der Waals surface area contributed by atoms with Crippen LogP contribution < -0.4 is 10.6 Å². The Morgan fingerprint density at radius 2 is 2.38 bits per heavy atom. The Kier molecular flexibility index (Phi) is 3.87. The Morgan fingerprint density at radius 1 is 1.48 bits per heavy atom. The SMILES string of the molecule is O=C(Nc1cc(-n2cnnn2)ccc1F)[C@@H]1CCCNC1. The van der Waals surface area contributed by atoms with Crippen molar-refractivity contribution in [1.29, 1.82) is 0 Å². The summed E-state index contributed by atoms with van der Waals surface area (Å²) in [5.41, 5.74) is 0.719. The fourth-order valence-corrected chi connectivity index (χ4v) is 2.34. The van der Waals surface area contributed by atoms with Crippen LogP contribution in [-0.4, -0.2) is 39.2 Å². The molecule has 7 nitrogen and oxygen atoms in total. The number of benzene rings is 1. The third-order valence-electron chi connectivity index (χ3n) is 3.49. The molecule has 0 bridgehead atoms. The third-order valence-corrected chi connectivity index (χ3v) is 3.49. The minimum Gasteiger partial charge on any atom is -0.323 e. The van der Waals surface area contributed by atoms with Gasteiger partial charge in [-0.25, -0.2) is 9.07 Å². The molecule has 0 saturated carbocycles. The van der Waals surface area contributed by atoms with Gasteiger partial charge < -0.3 is 10.6 Å². The number of carbonyl (C=O) groups is 1. The van der Waals surface area contributed by atoms with Crippen molar-refractivity contribution in [3.05, 3.63) is 30.3 Å². The van der Waals surface area contributed by atoms with Crippen LogP contribution in [0.4, 0.5) is 10.1 Å². The van der Waals surface area contributed by atoms with E-state index in [1.165, 1.54) is 23.1 Å². The van der Waals surface area contributed by atoms with E-state index in [2.05, 4.69) is 26.2 Å². The van der Waals surface area contributed by atoms with E-state index in [1.807, 2.05) is 0 Å². The van der Waals surface area contributed by atoms with Crippen molar-refractivity contribution in [2.24, 2.45) is 5.92 Å². The second-order valence-electron chi connectivity index (χ2n) is 4.95. The first-order chi connectivity index (χ1) is 10.2. The second-order valence-corrected chi connectivity index (χ2v) is 4.95. The Labute approximate surface area is 120 Å². The van der Waals surface area contributed by atoms with Gasteiger partial charge in [0.1, 0.15) is 12.1 Å². The number of hydrogen-bond donors (Lipinski definition) is 2. The maximum absolute atomic E-state index is 13.8. The lowest BCUT2D eigenvalue weighted by molar-refractivity contribution is -0.120. The summed E-state index contributed by atoms with van der Waals surface area (Å²) >= 11 is 0. The Morgan fingerprint density at radius 3 is 3.10 bits per heavy atom. The summed E-state index contributed by atoms with van der Waals surface area (Å²) in [5, 5.41) is 16.6. The number of piperidine rings is 1. The number of rotatable bonds is 3. The van der Waals surface area contributed by atoms with Crippen molar-refractivity contribution in [2.75, 3.05) is 18.4 Å². The lowest BCUT2D eigenvalue weighted by Gasteiger charge is -2.22. The van der Waals surface area contributed by atoms with Crippen LogP contribution in [0.5, 0.6) is 0 Å². The molecular weight excluding hydrogens is 275 g/mol. The standard InChI is InChI=1S/C13H15FN6O/c14-11-4-3-10(20-8-16-18-19-20)6-12(11)17-13(21)9-2-1-5-15-7-9/h3-4,6,8-9,15H,1-2,5,7H2,(H,17,21)/t9-/m1/s1. The van der Waals surface area contributed by atoms with Gasteiger partial charge >= 0.3 is 0 Å². The molecule has 8 heteroatoms. The lowest BCUT2D eigenvalue weighted by atomic mass is 9.99. The van der Waals surface area contributed by atoms with Gasteiger partial charge in [0.25, 0.3) is 0 Å². The van der Waals surface area contributed by atoms with Crippen molar-refractivity contribution in [1.82, 2.24) is 25.5 Å². The molecule has 1 atom stereocenters. The zero-order valence-electron chi connectivity index (χ0n) is 11.3. The van der Waals surface area contributed by atoms with Gasteiger partial charge in [-0.1, -0.05) is 0 Å². The quantitative estimate of drug-likeness (QED) is 0.871. The van der Waals surface area contributed by atoms with E-state index >= 15 is 0 Å².